The van der Waals surface area contributed by atoms with Gasteiger partial charge in [0.2, 0.25) is 0 Å². The van der Waals surface area contributed by atoms with Gasteiger partial charge in [0, 0.05) is 13.7 Å². The number of hydrogen-bond donors (Lipinski definition) is 3. The molecule has 3 N–H and O–H groups in total. The molecule has 6 heteroatoms. The van der Waals surface area contributed by atoms with E-state index in [4.69, 9.17) is 9.84 Å². The maximum absolute atomic E-state index is 11.3. The fourth-order valence-electron chi connectivity index (χ4n) is 1.03. The smallest absolute Gasteiger partial charge is 0.326 e. The molecule has 1 unspecified atom stereocenters. The lowest BCUT2D eigenvalue weighted by Gasteiger charge is -2.19. The zero-order valence-corrected chi connectivity index (χ0v) is 10.1. The van der Waals surface area contributed by atoms with E-state index >= 15 is 0 Å². The number of carbonyl (C=O) groups is 2. The Hall–Kier alpha value is -1.30. The number of carbonyl (C=O) groups excluding carboxylic acids is 1. The second kappa shape index (κ2) is 7.05. The molecule has 0 aromatic carbocycles. The third-order valence-electron chi connectivity index (χ3n) is 2.17. The molecule has 2 atom stereocenters. The third kappa shape index (κ3) is 5.55. The minimum atomic E-state index is -1.04. The van der Waals surface area contributed by atoms with E-state index in [-0.39, 0.29) is 12.0 Å². The highest BCUT2D eigenvalue weighted by atomic mass is 16.5. The quantitative estimate of drug-likeness (QED) is 0.619. The fraction of sp³-hybridized carbons (Fsp3) is 0.800. The maximum atomic E-state index is 11.3. The van der Waals surface area contributed by atoms with Crippen LogP contribution >= 0.6 is 0 Å². The Kier molecular flexibility index (Phi) is 6.48. The summed E-state index contributed by atoms with van der Waals surface area (Å²) in [6.45, 7) is 5.61. The third-order valence-corrected chi connectivity index (χ3v) is 2.17. The van der Waals surface area contributed by atoms with Crippen molar-refractivity contribution < 1.29 is 19.4 Å². The summed E-state index contributed by atoms with van der Waals surface area (Å²) in [4.78, 5) is 22.1. The first-order valence-corrected chi connectivity index (χ1v) is 5.18. The second-order valence-corrected chi connectivity index (χ2v) is 3.96. The summed E-state index contributed by atoms with van der Waals surface area (Å²) in [6, 6.07) is -1.37. The van der Waals surface area contributed by atoms with Crippen molar-refractivity contribution in [2.24, 2.45) is 5.92 Å². The minimum absolute atomic E-state index is 0.104. The van der Waals surface area contributed by atoms with Crippen molar-refractivity contribution in [3.63, 3.8) is 0 Å². The van der Waals surface area contributed by atoms with E-state index in [1.165, 1.54) is 0 Å². The molecule has 0 rings (SSSR count). The molecular formula is C10H20N2O4. The number of carboxylic acid groups (broad SMARTS) is 1. The number of rotatable bonds is 6. The molecule has 16 heavy (non-hydrogen) atoms. The van der Waals surface area contributed by atoms with Crippen molar-refractivity contribution in [3.8, 4) is 0 Å². The summed E-state index contributed by atoms with van der Waals surface area (Å²) in [5, 5.41) is 13.8. The van der Waals surface area contributed by atoms with Crippen LogP contribution in [0.15, 0.2) is 0 Å². The molecule has 0 aliphatic rings. The van der Waals surface area contributed by atoms with Crippen molar-refractivity contribution >= 4 is 12.0 Å². The molecule has 0 aliphatic heterocycles. The van der Waals surface area contributed by atoms with Gasteiger partial charge in [-0.15, -0.1) is 0 Å². The molecule has 0 aromatic heterocycles. The van der Waals surface area contributed by atoms with E-state index < -0.39 is 18.0 Å². The molecule has 0 saturated carbocycles. The molecule has 6 nitrogen and oxygen atoms in total. The van der Waals surface area contributed by atoms with Gasteiger partial charge in [-0.2, -0.15) is 0 Å². The predicted molar refractivity (Wildman–Crippen MR) is 59.3 cm³/mol. The fourth-order valence-corrected chi connectivity index (χ4v) is 1.03. The zero-order valence-electron chi connectivity index (χ0n) is 10.1. The summed E-state index contributed by atoms with van der Waals surface area (Å²) in [6.07, 6.45) is -0.104. The van der Waals surface area contributed by atoms with Crippen molar-refractivity contribution in [3.05, 3.63) is 0 Å². The Bertz CT molecular complexity index is 243. The van der Waals surface area contributed by atoms with Gasteiger partial charge in [0.05, 0.1) is 6.10 Å². The van der Waals surface area contributed by atoms with Crippen LogP contribution in [-0.2, 0) is 9.53 Å². The molecule has 0 bridgehead atoms. The number of aliphatic carboxylic acids is 1. The molecule has 0 fully saturated rings. The molecule has 0 aromatic rings. The van der Waals surface area contributed by atoms with E-state index in [0.717, 1.165) is 0 Å². The van der Waals surface area contributed by atoms with E-state index in [1.54, 1.807) is 27.9 Å². The lowest BCUT2D eigenvalue weighted by atomic mass is 10.1. The van der Waals surface area contributed by atoms with Crippen LogP contribution in [0.1, 0.15) is 20.8 Å². The van der Waals surface area contributed by atoms with Gasteiger partial charge in [-0.1, -0.05) is 13.8 Å². The Morgan fingerprint density at radius 3 is 2.25 bits per heavy atom. The SMILES string of the molecule is COC(C)CNC(=O)N[C@@H](C(=O)O)C(C)C. The second-order valence-electron chi connectivity index (χ2n) is 3.96. The van der Waals surface area contributed by atoms with Gasteiger partial charge in [-0.3, -0.25) is 0 Å². The van der Waals surface area contributed by atoms with Crippen molar-refractivity contribution in [2.45, 2.75) is 32.9 Å². The largest absolute Gasteiger partial charge is 0.480 e. The molecular weight excluding hydrogens is 212 g/mol. The van der Waals surface area contributed by atoms with Crippen molar-refractivity contribution in [1.82, 2.24) is 10.6 Å². The highest BCUT2D eigenvalue weighted by Gasteiger charge is 2.23. The predicted octanol–water partition coefficient (Wildman–Crippen LogP) is 0.430. The maximum Gasteiger partial charge on any atom is 0.326 e. The number of urea groups is 1. The van der Waals surface area contributed by atoms with Gasteiger partial charge in [0.1, 0.15) is 6.04 Å². The van der Waals surface area contributed by atoms with Gasteiger partial charge in [0.25, 0.3) is 0 Å². The molecule has 0 radical (unpaired) electrons. The Morgan fingerprint density at radius 2 is 1.88 bits per heavy atom. The topological polar surface area (TPSA) is 87.7 Å². The number of nitrogens with one attached hydrogen (secondary N) is 2. The number of hydrogen-bond acceptors (Lipinski definition) is 3. The number of methoxy groups -OCH3 is 1. The number of amides is 2. The average Bonchev–Trinajstić information content (AvgIpc) is 2.21. The van der Waals surface area contributed by atoms with Crippen molar-refractivity contribution in [2.75, 3.05) is 13.7 Å². The van der Waals surface area contributed by atoms with Gasteiger partial charge in [0.15, 0.2) is 0 Å². The summed E-state index contributed by atoms with van der Waals surface area (Å²) in [5.41, 5.74) is 0. The normalized spacial score (nSPS) is 14.3. The minimum Gasteiger partial charge on any atom is -0.480 e. The lowest BCUT2D eigenvalue weighted by Crippen LogP contribution is -2.49. The first kappa shape index (κ1) is 14.7. The van der Waals surface area contributed by atoms with Gasteiger partial charge < -0.3 is 20.5 Å². The Balaban J connectivity index is 4.06. The van der Waals surface area contributed by atoms with Crippen LogP contribution in [0.3, 0.4) is 0 Å². The number of ether oxygens (including phenoxy) is 1. The van der Waals surface area contributed by atoms with Crippen LogP contribution < -0.4 is 10.6 Å². The summed E-state index contributed by atoms with van der Waals surface area (Å²) in [5.74, 6) is -1.20. The van der Waals surface area contributed by atoms with E-state index in [2.05, 4.69) is 10.6 Å². The van der Waals surface area contributed by atoms with Crippen molar-refractivity contribution in [1.29, 1.82) is 0 Å². The first-order valence-electron chi connectivity index (χ1n) is 5.18. The van der Waals surface area contributed by atoms with Crippen LogP contribution in [0.25, 0.3) is 0 Å². The first-order chi connectivity index (χ1) is 7.38. The molecule has 0 saturated heterocycles. The molecule has 94 valence electrons. The van der Waals surface area contributed by atoms with Crippen LogP contribution in [0.2, 0.25) is 0 Å². The van der Waals surface area contributed by atoms with Gasteiger partial charge >= 0.3 is 12.0 Å². The molecule has 2 amide bonds. The number of carboxylic acids is 1. The highest BCUT2D eigenvalue weighted by Crippen LogP contribution is 2.01. The van der Waals surface area contributed by atoms with Gasteiger partial charge in [-0.25, -0.2) is 9.59 Å². The standard InChI is InChI=1S/C10H20N2O4/c1-6(2)8(9(13)14)12-10(15)11-5-7(3)16-4/h6-8H,5H2,1-4H3,(H,13,14)(H2,11,12,15)/t7?,8-/m1/s1. The van der Waals surface area contributed by atoms with Crippen LogP contribution in [0.4, 0.5) is 4.79 Å². The average molecular weight is 232 g/mol. The summed E-state index contributed by atoms with van der Waals surface area (Å²) >= 11 is 0. The Morgan fingerprint density at radius 1 is 1.31 bits per heavy atom. The molecule has 0 heterocycles. The molecule has 0 aliphatic carbocycles. The zero-order chi connectivity index (χ0) is 12.7. The lowest BCUT2D eigenvalue weighted by molar-refractivity contribution is -0.140. The van der Waals surface area contributed by atoms with E-state index in [9.17, 15) is 9.59 Å². The summed E-state index contributed by atoms with van der Waals surface area (Å²) < 4.78 is 4.94. The highest BCUT2D eigenvalue weighted by molar-refractivity contribution is 5.82. The molecule has 0 spiro atoms. The van der Waals surface area contributed by atoms with Gasteiger partial charge in [-0.05, 0) is 12.8 Å². The van der Waals surface area contributed by atoms with Crippen LogP contribution in [0.5, 0.6) is 0 Å². The summed E-state index contributed by atoms with van der Waals surface area (Å²) in [7, 11) is 1.54. The monoisotopic (exact) mass is 232 g/mol. The van der Waals surface area contributed by atoms with Crippen LogP contribution in [0, 0.1) is 5.92 Å². The van der Waals surface area contributed by atoms with Crippen LogP contribution in [-0.4, -0.2) is 42.9 Å². The van der Waals surface area contributed by atoms with E-state index in [1.807, 2.05) is 0 Å². The van der Waals surface area contributed by atoms with E-state index in [0.29, 0.717) is 6.54 Å². The Labute approximate surface area is 95.4 Å².